The number of para-hydroxylation sites is 2. The zero-order valence-corrected chi connectivity index (χ0v) is 20.1. The summed E-state index contributed by atoms with van der Waals surface area (Å²) < 4.78 is 25.3. The van der Waals surface area contributed by atoms with Gasteiger partial charge in [-0.1, -0.05) is 42.5 Å². The average Bonchev–Trinajstić information content (AvgIpc) is 3.09. The number of aromatic nitrogens is 2. The van der Waals surface area contributed by atoms with Crippen molar-refractivity contribution in [3.63, 3.8) is 0 Å². The molecule has 6 rings (SSSR count). The van der Waals surface area contributed by atoms with Gasteiger partial charge in [0.05, 0.1) is 16.9 Å². The van der Waals surface area contributed by atoms with Gasteiger partial charge in [0.15, 0.2) is 28.8 Å². The molecule has 0 bridgehead atoms. The van der Waals surface area contributed by atoms with Crippen LogP contribution in [0, 0.1) is 0 Å². The first-order chi connectivity index (χ1) is 16.8. The molecule has 35 heavy (non-hydrogen) atoms. The van der Waals surface area contributed by atoms with Crippen molar-refractivity contribution >= 4 is 12.6 Å². The maximum absolute atomic E-state index is 6.34. The minimum absolute atomic E-state index is 0.465. The molecule has 0 N–H and O–H groups in total. The lowest BCUT2D eigenvalue weighted by Gasteiger charge is -2.32. The molecule has 0 atom stereocenters. The second kappa shape index (κ2) is 7.94. The van der Waals surface area contributed by atoms with E-state index in [0.717, 1.165) is 22.3 Å². The molecule has 7 heteroatoms. The SMILES string of the molecule is CC1(C)OB(c2cc3c(c(-c4ccnc(-c5ccccc5)n4)c2)Oc2ccccc2O3)OC1(C)C. The molecule has 0 amide bonds. The smallest absolute Gasteiger partial charge is 0.450 e. The fourth-order valence-electron chi connectivity index (χ4n) is 4.19. The molecule has 6 nitrogen and oxygen atoms in total. The van der Waals surface area contributed by atoms with Gasteiger partial charge in [0.2, 0.25) is 0 Å². The molecular formula is C28H25BN2O4. The van der Waals surface area contributed by atoms with E-state index >= 15 is 0 Å². The van der Waals surface area contributed by atoms with E-state index in [1.165, 1.54) is 0 Å². The first-order valence-electron chi connectivity index (χ1n) is 11.7. The Morgan fingerprint density at radius 3 is 2.09 bits per heavy atom. The van der Waals surface area contributed by atoms with Gasteiger partial charge in [0.1, 0.15) is 0 Å². The van der Waals surface area contributed by atoms with E-state index in [1.807, 2.05) is 100 Å². The lowest BCUT2D eigenvalue weighted by molar-refractivity contribution is 0.00578. The molecule has 3 aromatic carbocycles. The van der Waals surface area contributed by atoms with Crippen molar-refractivity contribution in [1.82, 2.24) is 9.97 Å². The molecule has 4 aromatic rings. The highest BCUT2D eigenvalue weighted by Gasteiger charge is 2.52. The molecule has 1 fully saturated rings. The van der Waals surface area contributed by atoms with E-state index in [1.54, 1.807) is 6.20 Å². The van der Waals surface area contributed by atoms with E-state index in [9.17, 15) is 0 Å². The van der Waals surface area contributed by atoms with Crippen molar-refractivity contribution in [2.45, 2.75) is 38.9 Å². The van der Waals surface area contributed by atoms with E-state index < -0.39 is 18.3 Å². The van der Waals surface area contributed by atoms with E-state index in [0.29, 0.717) is 28.8 Å². The summed E-state index contributed by atoms with van der Waals surface area (Å²) >= 11 is 0. The zero-order valence-electron chi connectivity index (χ0n) is 20.1. The second-order valence-electron chi connectivity index (χ2n) is 9.77. The third-order valence-corrected chi connectivity index (χ3v) is 6.85. The third kappa shape index (κ3) is 3.77. The summed E-state index contributed by atoms with van der Waals surface area (Å²) in [5.41, 5.74) is 2.34. The van der Waals surface area contributed by atoms with Crippen LogP contribution in [-0.2, 0) is 9.31 Å². The quantitative estimate of drug-likeness (QED) is 0.305. The summed E-state index contributed by atoms with van der Waals surface area (Å²) in [7, 11) is -0.555. The third-order valence-electron chi connectivity index (χ3n) is 6.85. The minimum Gasteiger partial charge on any atom is -0.450 e. The topological polar surface area (TPSA) is 62.7 Å². The van der Waals surface area contributed by atoms with Crippen molar-refractivity contribution in [3.8, 4) is 45.6 Å². The van der Waals surface area contributed by atoms with Gasteiger partial charge >= 0.3 is 7.12 Å². The molecule has 0 unspecified atom stereocenters. The summed E-state index contributed by atoms with van der Waals surface area (Å²) in [5.74, 6) is 3.13. The molecule has 2 aliphatic rings. The molecule has 0 saturated carbocycles. The van der Waals surface area contributed by atoms with E-state index in [-0.39, 0.29) is 0 Å². The van der Waals surface area contributed by atoms with Gasteiger partial charge in [-0.2, -0.15) is 0 Å². The number of benzene rings is 3. The van der Waals surface area contributed by atoms with Crippen LogP contribution in [0.15, 0.2) is 79.0 Å². The van der Waals surface area contributed by atoms with Crippen LogP contribution in [0.5, 0.6) is 23.0 Å². The summed E-state index contributed by atoms with van der Waals surface area (Å²) in [6.45, 7) is 8.16. The lowest BCUT2D eigenvalue weighted by Crippen LogP contribution is -2.41. The zero-order chi connectivity index (χ0) is 24.2. The standard InChI is InChI=1S/C28H25BN2O4/c1-27(2)28(3,4)35-29(34-27)19-16-20(21-14-15-30-26(31-21)18-10-6-5-7-11-18)25-24(17-19)32-22-12-8-9-13-23(22)33-25/h5-17H,1-4H3. The van der Waals surface area contributed by atoms with Crippen LogP contribution >= 0.6 is 0 Å². The van der Waals surface area contributed by atoms with Gasteiger partial charge in [-0.25, -0.2) is 9.97 Å². The van der Waals surface area contributed by atoms with Crippen molar-refractivity contribution in [2.75, 3.05) is 0 Å². The molecule has 174 valence electrons. The summed E-state index contributed by atoms with van der Waals surface area (Å²) in [6, 6.07) is 23.3. The molecule has 1 saturated heterocycles. The fourth-order valence-corrected chi connectivity index (χ4v) is 4.19. The molecule has 0 radical (unpaired) electrons. The van der Waals surface area contributed by atoms with Gasteiger partial charge in [0.25, 0.3) is 0 Å². The lowest BCUT2D eigenvalue weighted by atomic mass is 9.77. The molecule has 0 aliphatic carbocycles. The monoisotopic (exact) mass is 464 g/mol. The van der Waals surface area contributed by atoms with E-state index in [2.05, 4.69) is 4.98 Å². The Morgan fingerprint density at radius 2 is 1.37 bits per heavy atom. The van der Waals surface area contributed by atoms with Crippen molar-refractivity contribution in [3.05, 3.63) is 79.0 Å². The number of hydrogen-bond donors (Lipinski definition) is 0. The molecule has 1 aromatic heterocycles. The largest absolute Gasteiger partial charge is 0.494 e. The Balaban J connectivity index is 1.50. The molecule has 0 spiro atoms. The van der Waals surface area contributed by atoms with Crippen LogP contribution in [0.25, 0.3) is 22.6 Å². The van der Waals surface area contributed by atoms with Crippen LogP contribution in [0.3, 0.4) is 0 Å². The minimum atomic E-state index is -0.555. The van der Waals surface area contributed by atoms with Crippen molar-refractivity contribution in [1.29, 1.82) is 0 Å². The predicted octanol–water partition coefficient (Wildman–Crippen LogP) is 6.01. The summed E-state index contributed by atoms with van der Waals surface area (Å²) in [6.07, 6.45) is 1.76. The summed E-state index contributed by atoms with van der Waals surface area (Å²) in [4.78, 5) is 9.36. The Labute approximate surface area is 205 Å². The maximum atomic E-state index is 6.34. The molecule has 3 heterocycles. The van der Waals surface area contributed by atoms with Crippen LogP contribution in [0.4, 0.5) is 0 Å². The Hall–Kier alpha value is -3.68. The molecule has 2 aliphatic heterocycles. The second-order valence-corrected chi connectivity index (χ2v) is 9.77. The maximum Gasteiger partial charge on any atom is 0.494 e. The van der Waals surface area contributed by atoms with Gasteiger partial charge < -0.3 is 18.8 Å². The number of nitrogens with zero attached hydrogens (tertiary/aromatic N) is 2. The van der Waals surface area contributed by atoms with Gasteiger partial charge in [-0.3, -0.25) is 0 Å². The van der Waals surface area contributed by atoms with Gasteiger partial charge in [-0.15, -0.1) is 0 Å². The normalized spacial score (nSPS) is 17.2. The first-order valence-corrected chi connectivity index (χ1v) is 11.7. The van der Waals surface area contributed by atoms with Crippen LogP contribution in [0.2, 0.25) is 0 Å². The highest BCUT2D eigenvalue weighted by Crippen LogP contribution is 2.49. The highest BCUT2D eigenvalue weighted by molar-refractivity contribution is 6.62. The van der Waals surface area contributed by atoms with Crippen molar-refractivity contribution in [2.24, 2.45) is 0 Å². The highest BCUT2D eigenvalue weighted by atomic mass is 16.7. The Morgan fingerprint density at radius 1 is 0.714 bits per heavy atom. The van der Waals surface area contributed by atoms with Gasteiger partial charge in [-0.05, 0) is 63.5 Å². The van der Waals surface area contributed by atoms with Crippen LogP contribution < -0.4 is 14.9 Å². The number of ether oxygens (including phenoxy) is 2. The van der Waals surface area contributed by atoms with Gasteiger partial charge in [0, 0.05) is 17.3 Å². The number of fused-ring (bicyclic) bond motifs is 2. The van der Waals surface area contributed by atoms with E-state index in [4.69, 9.17) is 23.8 Å². The Kier molecular flexibility index (Phi) is 4.95. The molecular weight excluding hydrogens is 439 g/mol. The fraction of sp³-hybridized carbons (Fsp3) is 0.214. The number of hydrogen-bond acceptors (Lipinski definition) is 6. The van der Waals surface area contributed by atoms with Crippen LogP contribution in [0.1, 0.15) is 27.7 Å². The number of rotatable bonds is 3. The summed E-state index contributed by atoms with van der Waals surface area (Å²) in [5, 5.41) is 0. The Bertz CT molecular complexity index is 1410. The van der Waals surface area contributed by atoms with Crippen molar-refractivity contribution < 1.29 is 18.8 Å². The first kappa shape index (κ1) is 21.8. The average molecular weight is 464 g/mol. The van der Waals surface area contributed by atoms with Crippen LogP contribution in [-0.4, -0.2) is 28.3 Å². The predicted molar refractivity (Wildman–Crippen MR) is 135 cm³/mol.